The van der Waals surface area contributed by atoms with Gasteiger partial charge in [-0.25, -0.2) is 0 Å². The Morgan fingerprint density at radius 1 is 0.952 bits per heavy atom. The molecule has 0 aliphatic rings. The Hall–Kier alpha value is -1.84. The summed E-state index contributed by atoms with van der Waals surface area (Å²) in [6.45, 7) is 1.76. The first kappa shape index (κ1) is 15.5. The average molecular weight is 286 g/mol. The maximum absolute atomic E-state index is 9.98. The van der Waals surface area contributed by atoms with Gasteiger partial charge in [0.1, 0.15) is 5.75 Å². The fourth-order valence-electron chi connectivity index (χ4n) is 2.81. The molecule has 0 aliphatic heterocycles. The molecular weight excluding hydrogens is 264 g/mol. The maximum atomic E-state index is 9.98. The Kier molecular flexibility index (Phi) is 4.99. The molecule has 0 bridgehead atoms. The van der Waals surface area contributed by atoms with Crippen LogP contribution in [0.15, 0.2) is 48.5 Å². The van der Waals surface area contributed by atoms with Gasteiger partial charge in [-0.1, -0.05) is 42.5 Å². The lowest BCUT2D eigenvalue weighted by Gasteiger charge is -2.32. The summed E-state index contributed by atoms with van der Waals surface area (Å²) < 4.78 is 5.38. The number of ether oxygens (including phenoxy) is 1. The minimum Gasteiger partial charge on any atom is -0.496 e. The molecular formula is C18H22O3. The lowest BCUT2D eigenvalue weighted by molar-refractivity contribution is 0.115. The van der Waals surface area contributed by atoms with E-state index in [1.807, 2.05) is 55.5 Å². The van der Waals surface area contributed by atoms with Gasteiger partial charge in [0, 0.05) is 5.41 Å². The summed E-state index contributed by atoms with van der Waals surface area (Å²) in [5.41, 5.74) is 2.31. The Morgan fingerprint density at radius 3 is 2.19 bits per heavy atom. The summed E-state index contributed by atoms with van der Waals surface area (Å²) in [7, 11) is 1.63. The van der Waals surface area contributed by atoms with Crippen LogP contribution in [0.1, 0.15) is 16.7 Å². The fraction of sp³-hybridized carbons (Fsp3) is 0.333. The quantitative estimate of drug-likeness (QED) is 0.857. The van der Waals surface area contributed by atoms with Gasteiger partial charge in [0.2, 0.25) is 0 Å². The van der Waals surface area contributed by atoms with Crippen molar-refractivity contribution in [3.63, 3.8) is 0 Å². The van der Waals surface area contributed by atoms with Crippen molar-refractivity contribution in [2.75, 3.05) is 20.3 Å². The number of aliphatic hydroxyl groups excluding tert-OH is 2. The number of benzene rings is 2. The van der Waals surface area contributed by atoms with Crippen molar-refractivity contribution in [3.8, 4) is 5.75 Å². The van der Waals surface area contributed by atoms with Gasteiger partial charge < -0.3 is 14.9 Å². The molecule has 0 amide bonds. The van der Waals surface area contributed by atoms with E-state index in [0.717, 1.165) is 22.4 Å². The van der Waals surface area contributed by atoms with Gasteiger partial charge >= 0.3 is 0 Å². The highest BCUT2D eigenvalue weighted by molar-refractivity contribution is 5.40. The molecule has 2 rings (SSSR count). The highest BCUT2D eigenvalue weighted by Crippen LogP contribution is 2.33. The van der Waals surface area contributed by atoms with Crippen molar-refractivity contribution in [2.45, 2.75) is 18.8 Å². The minimum absolute atomic E-state index is 0.119. The third-order valence-corrected chi connectivity index (χ3v) is 4.04. The molecule has 0 aliphatic carbocycles. The van der Waals surface area contributed by atoms with Crippen LogP contribution in [0.25, 0.3) is 0 Å². The van der Waals surface area contributed by atoms with E-state index in [1.165, 1.54) is 0 Å². The lowest BCUT2D eigenvalue weighted by atomic mass is 9.75. The predicted molar refractivity (Wildman–Crippen MR) is 83.7 cm³/mol. The molecule has 0 fully saturated rings. The monoisotopic (exact) mass is 286 g/mol. The third kappa shape index (κ3) is 3.09. The van der Waals surface area contributed by atoms with Crippen molar-refractivity contribution in [1.82, 2.24) is 0 Å². The van der Waals surface area contributed by atoms with Gasteiger partial charge in [0.05, 0.1) is 20.3 Å². The van der Waals surface area contributed by atoms with E-state index < -0.39 is 5.41 Å². The van der Waals surface area contributed by atoms with Gasteiger partial charge in [-0.2, -0.15) is 0 Å². The van der Waals surface area contributed by atoms with Gasteiger partial charge in [0.15, 0.2) is 0 Å². The van der Waals surface area contributed by atoms with Crippen molar-refractivity contribution in [1.29, 1.82) is 0 Å². The predicted octanol–water partition coefficient (Wildman–Crippen LogP) is 2.47. The second kappa shape index (κ2) is 6.74. The summed E-state index contributed by atoms with van der Waals surface area (Å²) >= 11 is 0. The number of hydrogen-bond donors (Lipinski definition) is 2. The first-order valence-electron chi connectivity index (χ1n) is 7.06. The van der Waals surface area contributed by atoms with Crippen molar-refractivity contribution in [2.24, 2.45) is 0 Å². The van der Waals surface area contributed by atoms with Crippen LogP contribution < -0.4 is 4.74 Å². The average Bonchev–Trinajstić information content (AvgIpc) is 2.54. The Labute approximate surface area is 125 Å². The van der Waals surface area contributed by atoms with Crippen LogP contribution in [0, 0.1) is 6.92 Å². The van der Waals surface area contributed by atoms with Crippen LogP contribution in [-0.4, -0.2) is 30.5 Å². The van der Waals surface area contributed by atoms with Gasteiger partial charge in [-0.15, -0.1) is 0 Å². The summed E-state index contributed by atoms with van der Waals surface area (Å²) in [5.74, 6) is 0.775. The first-order valence-corrected chi connectivity index (χ1v) is 7.06. The third-order valence-electron chi connectivity index (χ3n) is 4.04. The normalized spacial score (nSPS) is 11.4. The molecule has 0 atom stereocenters. The zero-order chi connectivity index (χ0) is 15.3. The van der Waals surface area contributed by atoms with E-state index in [1.54, 1.807) is 7.11 Å². The minimum atomic E-state index is -0.708. The molecule has 0 unspecified atom stereocenters. The van der Waals surface area contributed by atoms with E-state index in [9.17, 15) is 10.2 Å². The molecule has 3 nitrogen and oxygen atoms in total. The summed E-state index contributed by atoms with van der Waals surface area (Å²) in [6.07, 6.45) is 0.523. The standard InChI is InChI=1S/C18H22O3/c1-14-7-3-5-9-16(14)18(12-19,13-20)11-15-8-4-6-10-17(15)21-2/h3-10,19-20H,11-13H2,1-2H3. The zero-order valence-electron chi connectivity index (χ0n) is 12.5. The van der Waals surface area contributed by atoms with Crippen LogP contribution in [0.2, 0.25) is 0 Å². The Morgan fingerprint density at radius 2 is 1.57 bits per heavy atom. The molecule has 0 aromatic heterocycles. The maximum Gasteiger partial charge on any atom is 0.122 e. The molecule has 0 saturated carbocycles. The molecule has 0 spiro atoms. The number of aryl methyl sites for hydroxylation is 1. The summed E-state index contributed by atoms with van der Waals surface area (Å²) in [5, 5.41) is 20.0. The molecule has 21 heavy (non-hydrogen) atoms. The largest absolute Gasteiger partial charge is 0.496 e. The SMILES string of the molecule is COc1ccccc1CC(CO)(CO)c1ccccc1C. The smallest absolute Gasteiger partial charge is 0.122 e. The number of aliphatic hydroxyl groups is 2. The van der Waals surface area contributed by atoms with Gasteiger partial charge in [0.25, 0.3) is 0 Å². The van der Waals surface area contributed by atoms with E-state index in [0.29, 0.717) is 6.42 Å². The molecule has 2 aromatic rings. The van der Waals surface area contributed by atoms with Crippen molar-refractivity contribution < 1.29 is 14.9 Å². The number of methoxy groups -OCH3 is 1. The number of hydrogen-bond acceptors (Lipinski definition) is 3. The molecule has 0 radical (unpaired) electrons. The second-order valence-corrected chi connectivity index (χ2v) is 5.40. The van der Waals surface area contributed by atoms with E-state index in [4.69, 9.17) is 4.74 Å². The number of rotatable bonds is 6. The molecule has 0 heterocycles. The fourth-order valence-corrected chi connectivity index (χ4v) is 2.81. The zero-order valence-corrected chi connectivity index (χ0v) is 12.5. The van der Waals surface area contributed by atoms with E-state index in [2.05, 4.69) is 0 Å². The van der Waals surface area contributed by atoms with E-state index >= 15 is 0 Å². The van der Waals surface area contributed by atoms with Crippen LogP contribution in [0.3, 0.4) is 0 Å². The highest BCUT2D eigenvalue weighted by atomic mass is 16.5. The highest BCUT2D eigenvalue weighted by Gasteiger charge is 2.33. The molecule has 0 saturated heterocycles. The Balaban J connectivity index is 2.46. The van der Waals surface area contributed by atoms with Crippen LogP contribution >= 0.6 is 0 Å². The number of para-hydroxylation sites is 1. The summed E-state index contributed by atoms with van der Waals surface area (Å²) in [6, 6.07) is 15.6. The molecule has 3 heteroatoms. The molecule has 2 aromatic carbocycles. The van der Waals surface area contributed by atoms with Crippen LogP contribution in [-0.2, 0) is 11.8 Å². The molecule has 112 valence electrons. The molecule has 2 N–H and O–H groups in total. The van der Waals surface area contributed by atoms with Crippen molar-refractivity contribution in [3.05, 3.63) is 65.2 Å². The Bertz CT molecular complexity index is 589. The topological polar surface area (TPSA) is 49.7 Å². The van der Waals surface area contributed by atoms with E-state index in [-0.39, 0.29) is 13.2 Å². The van der Waals surface area contributed by atoms with Crippen LogP contribution in [0.4, 0.5) is 0 Å². The summed E-state index contributed by atoms with van der Waals surface area (Å²) in [4.78, 5) is 0. The van der Waals surface area contributed by atoms with Crippen molar-refractivity contribution >= 4 is 0 Å². The van der Waals surface area contributed by atoms with Gasteiger partial charge in [-0.3, -0.25) is 0 Å². The van der Waals surface area contributed by atoms with Gasteiger partial charge in [-0.05, 0) is 36.1 Å². The second-order valence-electron chi connectivity index (χ2n) is 5.40. The van der Waals surface area contributed by atoms with Crippen LogP contribution in [0.5, 0.6) is 5.75 Å². The lowest BCUT2D eigenvalue weighted by Crippen LogP contribution is -2.38. The first-order chi connectivity index (χ1) is 10.2.